The summed E-state index contributed by atoms with van der Waals surface area (Å²) < 4.78 is 5.75. The highest BCUT2D eigenvalue weighted by Crippen LogP contribution is 2.25. The third-order valence-corrected chi connectivity index (χ3v) is 3.71. The molecular formula is C15H24N2O. The first-order chi connectivity index (χ1) is 8.79. The highest BCUT2D eigenvalue weighted by molar-refractivity contribution is 5.20. The van der Waals surface area contributed by atoms with E-state index in [2.05, 4.69) is 30.2 Å². The first kappa shape index (κ1) is 13.3. The van der Waals surface area contributed by atoms with Gasteiger partial charge in [0.2, 0.25) is 5.88 Å². The third-order valence-electron chi connectivity index (χ3n) is 3.71. The second kappa shape index (κ2) is 6.74. The number of ether oxygens (including phenoxy) is 1. The van der Waals surface area contributed by atoms with Gasteiger partial charge in [-0.05, 0) is 37.8 Å². The fourth-order valence-electron chi connectivity index (χ4n) is 2.54. The molecule has 1 atom stereocenters. The summed E-state index contributed by atoms with van der Waals surface area (Å²) in [5.41, 5.74) is 1.21. The van der Waals surface area contributed by atoms with Crippen molar-refractivity contribution in [3.8, 4) is 5.88 Å². The van der Waals surface area contributed by atoms with Crippen molar-refractivity contribution in [2.45, 2.75) is 45.6 Å². The van der Waals surface area contributed by atoms with Crippen LogP contribution in [-0.4, -0.2) is 18.1 Å². The molecule has 1 aliphatic carbocycles. The van der Waals surface area contributed by atoms with E-state index in [1.165, 1.54) is 31.2 Å². The van der Waals surface area contributed by atoms with Gasteiger partial charge in [-0.3, -0.25) is 0 Å². The SMILES string of the molecule is CCNC(C)c1ccc(OCC2CCCC2)nc1. The normalized spacial score (nSPS) is 17.9. The van der Waals surface area contributed by atoms with E-state index in [-0.39, 0.29) is 0 Å². The summed E-state index contributed by atoms with van der Waals surface area (Å²) in [7, 11) is 0. The Kier molecular flexibility index (Phi) is 5.00. The van der Waals surface area contributed by atoms with Gasteiger partial charge >= 0.3 is 0 Å². The van der Waals surface area contributed by atoms with Crippen LogP contribution in [0.4, 0.5) is 0 Å². The topological polar surface area (TPSA) is 34.1 Å². The average molecular weight is 248 g/mol. The monoisotopic (exact) mass is 248 g/mol. The number of hydrogen-bond donors (Lipinski definition) is 1. The standard InChI is InChI=1S/C15H24N2O/c1-3-16-12(2)14-8-9-15(17-10-14)18-11-13-6-4-5-7-13/h8-10,12-13,16H,3-7,11H2,1-2H3. The Hall–Kier alpha value is -1.09. The number of pyridine rings is 1. The summed E-state index contributed by atoms with van der Waals surface area (Å²) in [6, 6.07) is 4.44. The van der Waals surface area contributed by atoms with E-state index in [0.717, 1.165) is 24.9 Å². The van der Waals surface area contributed by atoms with Gasteiger partial charge in [0.15, 0.2) is 0 Å². The van der Waals surface area contributed by atoms with Crippen molar-refractivity contribution in [1.82, 2.24) is 10.3 Å². The van der Waals surface area contributed by atoms with E-state index in [9.17, 15) is 0 Å². The van der Waals surface area contributed by atoms with E-state index in [4.69, 9.17) is 4.74 Å². The summed E-state index contributed by atoms with van der Waals surface area (Å²) in [5.74, 6) is 1.50. The zero-order valence-electron chi connectivity index (χ0n) is 11.5. The number of hydrogen-bond acceptors (Lipinski definition) is 3. The fraction of sp³-hybridized carbons (Fsp3) is 0.667. The molecule has 0 amide bonds. The minimum absolute atomic E-state index is 0.353. The molecule has 100 valence electrons. The maximum atomic E-state index is 5.75. The molecule has 1 heterocycles. The van der Waals surface area contributed by atoms with Crippen LogP contribution < -0.4 is 10.1 Å². The molecule has 0 radical (unpaired) electrons. The van der Waals surface area contributed by atoms with Crippen molar-refractivity contribution in [3.05, 3.63) is 23.9 Å². The Morgan fingerprint density at radius 3 is 2.78 bits per heavy atom. The van der Waals surface area contributed by atoms with Crippen molar-refractivity contribution in [2.75, 3.05) is 13.2 Å². The van der Waals surface area contributed by atoms with E-state index in [1.54, 1.807) is 0 Å². The van der Waals surface area contributed by atoms with Crippen LogP contribution in [0.5, 0.6) is 5.88 Å². The first-order valence-corrected chi connectivity index (χ1v) is 7.11. The minimum atomic E-state index is 0.353. The number of nitrogens with one attached hydrogen (secondary N) is 1. The molecule has 0 aliphatic heterocycles. The van der Waals surface area contributed by atoms with Crippen molar-refractivity contribution < 1.29 is 4.74 Å². The fourth-order valence-corrected chi connectivity index (χ4v) is 2.54. The molecule has 1 N–H and O–H groups in total. The lowest BCUT2D eigenvalue weighted by atomic mass is 10.1. The Labute approximate surface area is 110 Å². The maximum Gasteiger partial charge on any atom is 0.213 e. The van der Waals surface area contributed by atoms with Crippen molar-refractivity contribution in [3.63, 3.8) is 0 Å². The van der Waals surface area contributed by atoms with Crippen LogP contribution in [-0.2, 0) is 0 Å². The molecule has 0 bridgehead atoms. The van der Waals surface area contributed by atoms with Crippen LogP contribution in [0.2, 0.25) is 0 Å². The summed E-state index contributed by atoms with van der Waals surface area (Å²) >= 11 is 0. The molecule has 1 aliphatic rings. The van der Waals surface area contributed by atoms with Gasteiger partial charge < -0.3 is 10.1 Å². The molecule has 0 spiro atoms. The second-order valence-electron chi connectivity index (χ2n) is 5.17. The van der Waals surface area contributed by atoms with Gasteiger partial charge in [-0.1, -0.05) is 25.8 Å². The Morgan fingerprint density at radius 2 is 2.17 bits per heavy atom. The quantitative estimate of drug-likeness (QED) is 0.838. The molecule has 2 rings (SSSR count). The van der Waals surface area contributed by atoms with Gasteiger partial charge in [0.25, 0.3) is 0 Å². The van der Waals surface area contributed by atoms with Crippen molar-refractivity contribution >= 4 is 0 Å². The van der Waals surface area contributed by atoms with Gasteiger partial charge in [-0.25, -0.2) is 4.98 Å². The number of rotatable bonds is 6. The van der Waals surface area contributed by atoms with Crippen molar-refractivity contribution in [2.24, 2.45) is 5.92 Å². The highest BCUT2D eigenvalue weighted by atomic mass is 16.5. The Bertz CT molecular complexity index is 344. The zero-order chi connectivity index (χ0) is 12.8. The van der Waals surface area contributed by atoms with Crippen LogP contribution in [0.1, 0.15) is 51.1 Å². The van der Waals surface area contributed by atoms with Crippen LogP contribution in [0.3, 0.4) is 0 Å². The van der Waals surface area contributed by atoms with E-state index < -0.39 is 0 Å². The third kappa shape index (κ3) is 3.70. The predicted molar refractivity (Wildman–Crippen MR) is 73.8 cm³/mol. The smallest absolute Gasteiger partial charge is 0.213 e. The van der Waals surface area contributed by atoms with Gasteiger partial charge in [-0.2, -0.15) is 0 Å². The predicted octanol–water partition coefficient (Wildman–Crippen LogP) is 3.32. The zero-order valence-corrected chi connectivity index (χ0v) is 11.5. The van der Waals surface area contributed by atoms with E-state index in [0.29, 0.717) is 6.04 Å². The molecule has 1 fully saturated rings. The van der Waals surface area contributed by atoms with Crippen LogP contribution in [0, 0.1) is 5.92 Å². The van der Waals surface area contributed by atoms with E-state index in [1.807, 2.05) is 12.3 Å². The minimum Gasteiger partial charge on any atom is -0.477 e. The number of nitrogens with zero attached hydrogens (tertiary/aromatic N) is 1. The highest BCUT2D eigenvalue weighted by Gasteiger charge is 2.15. The van der Waals surface area contributed by atoms with Gasteiger partial charge in [0.05, 0.1) is 6.61 Å². The second-order valence-corrected chi connectivity index (χ2v) is 5.17. The first-order valence-electron chi connectivity index (χ1n) is 7.11. The summed E-state index contributed by atoms with van der Waals surface area (Å²) in [6.07, 6.45) is 7.27. The summed E-state index contributed by atoms with van der Waals surface area (Å²) in [5, 5.41) is 3.38. The van der Waals surface area contributed by atoms with Crippen LogP contribution in [0.15, 0.2) is 18.3 Å². The van der Waals surface area contributed by atoms with Crippen LogP contribution >= 0.6 is 0 Å². The van der Waals surface area contributed by atoms with Gasteiger partial charge in [0.1, 0.15) is 0 Å². The maximum absolute atomic E-state index is 5.75. The molecule has 3 nitrogen and oxygen atoms in total. The summed E-state index contributed by atoms with van der Waals surface area (Å²) in [6.45, 7) is 6.07. The summed E-state index contributed by atoms with van der Waals surface area (Å²) in [4.78, 5) is 4.38. The van der Waals surface area contributed by atoms with E-state index >= 15 is 0 Å². The lowest BCUT2D eigenvalue weighted by Crippen LogP contribution is -2.17. The Morgan fingerprint density at radius 1 is 1.39 bits per heavy atom. The largest absolute Gasteiger partial charge is 0.477 e. The van der Waals surface area contributed by atoms with Crippen LogP contribution in [0.25, 0.3) is 0 Å². The lowest BCUT2D eigenvalue weighted by molar-refractivity contribution is 0.243. The average Bonchev–Trinajstić information content (AvgIpc) is 2.90. The molecule has 0 saturated heterocycles. The number of aromatic nitrogens is 1. The Balaban J connectivity index is 1.83. The molecule has 1 aromatic rings. The molecule has 1 saturated carbocycles. The molecule has 3 heteroatoms. The van der Waals surface area contributed by atoms with Gasteiger partial charge in [0, 0.05) is 18.3 Å². The lowest BCUT2D eigenvalue weighted by Gasteiger charge is -2.14. The van der Waals surface area contributed by atoms with Gasteiger partial charge in [-0.15, -0.1) is 0 Å². The molecular weight excluding hydrogens is 224 g/mol. The molecule has 0 aromatic carbocycles. The molecule has 1 aromatic heterocycles. The van der Waals surface area contributed by atoms with Crippen molar-refractivity contribution in [1.29, 1.82) is 0 Å². The molecule has 1 unspecified atom stereocenters. The molecule has 18 heavy (non-hydrogen) atoms.